The summed E-state index contributed by atoms with van der Waals surface area (Å²) in [4.78, 5) is 12.3. The smallest absolute Gasteiger partial charge is 0.228 e. The van der Waals surface area contributed by atoms with Crippen LogP contribution < -0.4 is 11.1 Å². The van der Waals surface area contributed by atoms with Crippen molar-refractivity contribution in [3.63, 3.8) is 0 Å². The molecule has 2 aliphatic rings. The number of hydrogen-bond acceptors (Lipinski definition) is 2. The van der Waals surface area contributed by atoms with Crippen molar-refractivity contribution < 1.29 is 4.79 Å². The van der Waals surface area contributed by atoms with Crippen LogP contribution in [0.15, 0.2) is 12.1 Å². The number of rotatable bonds is 2. The van der Waals surface area contributed by atoms with Crippen LogP contribution in [0.5, 0.6) is 0 Å². The number of anilines is 2. The zero-order chi connectivity index (χ0) is 13.6. The summed E-state index contributed by atoms with van der Waals surface area (Å²) < 4.78 is 0. The van der Waals surface area contributed by atoms with Gasteiger partial charge in [0, 0.05) is 5.92 Å². The van der Waals surface area contributed by atoms with Crippen molar-refractivity contribution in [1.29, 1.82) is 0 Å². The van der Waals surface area contributed by atoms with Crippen molar-refractivity contribution in [2.24, 2.45) is 17.8 Å². The molecular formula is C16H22N2O. The molecular weight excluding hydrogens is 236 g/mol. The molecule has 2 fully saturated rings. The van der Waals surface area contributed by atoms with Crippen molar-refractivity contribution in [3.05, 3.63) is 23.3 Å². The Kier molecular flexibility index (Phi) is 3.00. The van der Waals surface area contributed by atoms with Crippen LogP contribution in [0.25, 0.3) is 0 Å². The molecule has 102 valence electrons. The van der Waals surface area contributed by atoms with Gasteiger partial charge < -0.3 is 11.1 Å². The van der Waals surface area contributed by atoms with Crippen LogP contribution in [0.4, 0.5) is 11.4 Å². The fourth-order valence-corrected chi connectivity index (χ4v) is 3.54. The summed E-state index contributed by atoms with van der Waals surface area (Å²) >= 11 is 0. The fraction of sp³-hybridized carbons (Fsp3) is 0.562. The second-order valence-corrected chi connectivity index (χ2v) is 6.15. The quantitative estimate of drug-likeness (QED) is 0.800. The van der Waals surface area contributed by atoms with E-state index in [4.69, 9.17) is 5.73 Å². The lowest BCUT2D eigenvalue weighted by Crippen LogP contribution is -2.16. The molecule has 2 unspecified atom stereocenters. The van der Waals surface area contributed by atoms with Gasteiger partial charge in [0.05, 0.1) is 11.4 Å². The molecule has 0 bridgehead atoms. The average molecular weight is 258 g/mol. The molecule has 0 spiro atoms. The molecule has 2 aliphatic carbocycles. The Bertz CT molecular complexity index is 512. The summed E-state index contributed by atoms with van der Waals surface area (Å²) in [5.74, 6) is 1.69. The summed E-state index contributed by atoms with van der Waals surface area (Å²) in [7, 11) is 0. The van der Waals surface area contributed by atoms with Gasteiger partial charge in [-0.3, -0.25) is 4.79 Å². The summed E-state index contributed by atoms with van der Waals surface area (Å²) in [5, 5.41) is 3.03. The summed E-state index contributed by atoms with van der Waals surface area (Å²) in [6.07, 6.45) is 5.03. The minimum atomic E-state index is 0.173. The van der Waals surface area contributed by atoms with E-state index in [1.807, 2.05) is 26.0 Å². The lowest BCUT2D eigenvalue weighted by atomic mass is 10.0. The number of aryl methyl sites for hydroxylation is 2. The third kappa shape index (κ3) is 2.22. The first-order valence-corrected chi connectivity index (χ1v) is 7.25. The number of nitrogens with one attached hydrogen (secondary N) is 1. The highest BCUT2D eigenvalue weighted by Crippen LogP contribution is 2.55. The standard InChI is InChI=1S/C16H22N2O/c1-9-7-13(17)14(8-10(9)2)18-16(19)15-11-5-3-4-6-12(11)15/h7-8,11-12,15H,3-6,17H2,1-2H3,(H,18,19). The maximum Gasteiger partial charge on any atom is 0.228 e. The predicted octanol–water partition coefficient (Wildman–Crippen LogP) is 3.26. The zero-order valence-corrected chi connectivity index (χ0v) is 11.7. The van der Waals surface area contributed by atoms with Crippen molar-refractivity contribution in [3.8, 4) is 0 Å². The molecule has 1 aromatic rings. The van der Waals surface area contributed by atoms with Crippen LogP contribution in [0.3, 0.4) is 0 Å². The second kappa shape index (κ2) is 4.55. The first-order valence-electron chi connectivity index (χ1n) is 7.25. The molecule has 2 saturated carbocycles. The summed E-state index contributed by atoms with van der Waals surface area (Å²) in [5.41, 5.74) is 9.76. The normalized spacial score (nSPS) is 28.6. The van der Waals surface area contributed by atoms with Crippen molar-refractivity contribution in [2.45, 2.75) is 39.5 Å². The number of fused-ring (bicyclic) bond motifs is 1. The van der Waals surface area contributed by atoms with Gasteiger partial charge in [-0.25, -0.2) is 0 Å². The highest BCUT2D eigenvalue weighted by molar-refractivity contribution is 5.97. The van der Waals surface area contributed by atoms with Crippen LogP contribution in [-0.4, -0.2) is 5.91 Å². The third-order valence-corrected chi connectivity index (χ3v) is 4.88. The Hall–Kier alpha value is -1.51. The largest absolute Gasteiger partial charge is 0.397 e. The Morgan fingerprint density at radius 2 is 1.74 bits per heavy atom. The average Bonchev–Trinajstić information content (AvgIpc) is 3.10. The maximum atomic E-state index is 12.3. The predicted molar refractivity (Wildman–Crippen MR) is 77.9 cm³/mol. The van der Waals surface area contributed by atoms with E-state index in [1.165, 1.54) is 25.7 Å². The minimum absolute atomic E-state index is 0.173. The number of hydrogen-bond donors (Lipinski definition) is 2. The topological polar surface area (TPSA) is 55.1 Å². The molecule has 3 rings (SSSR count). The van der Waals surface area contributed by atoms with E-state index in [0.29, 0.717) is 17.5 Å². The number of carbonyl (C=O) groups excluding carboxylic acids is 1. The Balaban J connectivity index is 1.72. The van der Waals surface area contributed by atoms with Gasteiger partial charge in [-0.2, -0.15) is 0 Å². The van der Waals surface area contributed by atoms with Gasteiger partial charge in [-0.15, -0.1) is 0 Å². The van der Waals surface area contributed by atoms with Gasteiger partial charge in [0.1, 0.15) is 0 Å². The van der Waals surface area contributed by atoms with Crippen molar-refractivity contribution >= 4 is 17.3 Å². The molecule has 1 aromatic carbocycles. The molecule has 19 heavy (non-hydrogen) atoms. The zero-order valence-electron chi connectivity index (χ0n) is 11.7. The number of nitrogen functional groups attached to an aromatic ring is 1. The molecule has 3 heteroatoms. The number of benzene rings is 1. The molecule has 0 aromatic heterocycles. The first-order chi connectivity index (χ1) is 9.08. The van der Waals surface area contributed by atoms with Gasteiger partial charge in [0.15, 0.2) is 0 Å². The van der Waals surface area contributed by atoms with Gasteiger partial charge in [-0.1, -0.05) is 12.8 Å². The maximum absolute atomic E-state index is 12.3. The lowest BCUT2D eigenvalue weighted by molar-refractivity contribution is -0.117. The highest BCUT2D eigenvalue weighted by atomic mass is 16.2. The molecule has 3 nitrogen and oxygen atoms in total. The minimum Gasteiger partial charge on any atom is -0.397 e. The number of carbonyl (C=O) groups is 1. The van der Waals surface area contributed by atoms with E-state index in [1.54, 1.807) is 0 Å². The Morgan fingerprint density at radius 3 is 2.37 bits per heavy atom. The van der Waals surface area contributed by atoms with Crippen LogP contribution in [0.1, 0.15) is 36.8 Å². The van der Waals surface area contributed by atoms with Crippen LogP contribution >= 0.6 is 0 Å². The van der Waals surface area contributed by atoms with Crippen LogP contribution in [0, 0.1) is 31.6 Å². The fourth-order valence-electron chi connectivity index (χ4n) is 3.54. The van der Waals surface area contributed by atoms with E-state index >= 15 is 0 Å². The van der Waals surface area contributed by atoms with E-state index < -0.39 is 0 Å². The first kappa shape index (κ1) is 12.5. The molecule has 0 aliphatic heterocycles. The van der Waals surface area contributed by atoms with Crippen molar-refractivity contribution in [2.75, 3.05) is 11.1 Å². The van der Waals surface area contributed by atoms with Gasteiger partial charge in [-0.05, 0) is 61.8 Å². The van der Waals surface area contributed by atoms with Gasteiger partial charge in [0.25, 0.3) is 0 Å². The molecule has 3 N–H and O–H groups in total. The Labute approximate surface area is 114 Å². The Morgan fingerprint density at radius 1 is 1.16 bits per heavy atom. The van der Waals surface area contributed by atoms with Gasteiger partial charge in [0.2, 0.25) is 5.91 Å². The van der Waals surface area contributed by atoms with E-state index in [0.717, 1.165) is 16.8 Å². The van der Waals surface area contributed by atoms with Crippen LogP contribution in [0.2, 0.25) is 0 Å². The lowest BCUT2D eigenvalue weighted by Gasteiger charge is -2.11. The molecule has 0 radical (unpaired) electrons. The van der Waals surface area contributed by atoms with E-state index in [9.17, 15) is 4.79 Å². The van der Waals surface area contributed by atoms with Gasteiger partial charge >= 0.3 is 0 Å². The molecule has 0 saturated heterocycles. The van der Waals surface area contributed by atoms with Crippen molar-refractivity contribution in [1.82, 2.24) is 0 Å². The monoisotopic (exact) mass is 258 g/mol. The summed E-state index contributed by atoms with van der Waals surface area (Å²) in [6, 6.07) is 3.92. The van der Waals surface area contributed by atoms with E-state index in [2.05, 4.69) is 5.32 Å². The third-order valence-electron chi connectivity index (χ3n) is 4.88. The number of amides is 1. The molecule has 0 heterocycles. The van der Waals surface area contributed by atoms with Crippen LogP contribution in [-0.2, 0) is 4.79 Å². The second-order valence-electron chi connectivity index (χ2n) is 6.15. The highest BCUT2D eigenvalue weighted by Gasteiger charge is 2.54. The molecule has 2 atom stereocenters. The number of nitrogens with two attached hydrogens (primary N) is 1. The molecule has 1 amide bonds. The summed E-state index contributed by atoms with van der Waals surface area (Å²) in [6.45, 7) is 4.08. The SMILES string of the molecule is Cc1cc(N)c(NC(=O)C2C3CCCCC32)cc1C. The van der Waals surface area contributed by atoms with E-state index in [-0.39, 0.29) is 11.8 Å².